The van der Waals surface area contributed by atoms with E-state index in [0.29, 0.717) is 32.4 Å². The van der Waals surface area contributed by atoms with E-state index >= 15 is 0 Å². The molecule has 0 spiro atoms. The van der Waals surface area contributed by atoms with E-state index in [0.717, 1.165) is 88.2 Å². The molecule has 1 aromatic heterocycles. The first-order valence-corrected chi connectivity index (χ1v) is 26.0. The number of likely N-dealkylation sites (tertiary alicyclic amines) is 1. The van der Waals surface area contributed by atoms with E-state index in [1.807, 2.05) is 99.9 Å². The molecular weight excluding hydrogens is 911 g/mol. The van der Waals surface area contributed by atoms with E-state index in [1.165, 1.54) is 10.5 Å². The van der Waals surface area contributed by atoms with E-state index in [1.54, 1.807) is 35.4 Å². The van der Waals surface area contributed by atoms with Gasteiger partial charge in [0.2, 0.25) is 23.6 Å². The molecular formula is C58H73N5O7S. The van der Waals surface area contributed by atoms with Crippen molar-refractivity contribution in [3.63, 3.8) is 0 Å². The Morgan fingerprint density at radius 1 is 0.873 bits per heavy atom. The maximum Gasteiger partial charge on any atom is 0.243 e. The highest BCUT2D eigenvalue weighted by atomic mass is 32.1. The number of aromatic nitrogens is 1. The predicted molar refractivity (Wildman–Crippen MR) is 283 cm³/mol. The van der Waals surface area contributed by atoms with Crippen molar-refractivity contribution in [3.05, 3.63) is 137 Å². The van der Waals surface area contributed by atoms with Crippen molar-refractivity contribution in [2.45, 2.75) is 118 Å². The molecule has 71 heavy (non-hydrogen) atoms. The van der Waals surface area contributed by atoms with Gasteiger partial charge in [0.15, 0.2) is 0 Å². The van der Waals surface area contributed by atoms with Crippen LogP contribution in [0.5, 0.6) is 11.5 Å². The lowest BCUT2D eigenvalue weighted by molar-refractivity contribution is -0.149. The zero-order valence-electron chi connectivity index (χ0n) is 42.4. The topological polar surface area (TPSA) is 175 Å². The average molecular weight is 984 g/mol. The SMILES string of the molecule is CCC(=C(c1ccc(O)cc1)c1ccc(OCCN(C)C(=O)CCCCCCCCC(C(N)=O)[C@H](C(=O)N2C[C@H](O)C[C@H]2C(=O)NCc2ccc(-c3scnc3C)cc2)C(C)(C)C)cc1)c1ccccc1. The zero-order chi connectivity index (χ0) is 51.1. The third kappa shape index (κ3) is 14.9. The zero-order valence-corrected chi connectivity index (χ0v) is 43.2. The monoisotopic (exact) mass is 984 g/mol. The number of carbonyl (C=O) groups is 4. The van der Waals surface area contributed by atoms with Crippen LogP contribution in [0, 0.1) is 24.2 Å². The third-order valence-corrected chi connectivity index (χ3v) is 14.6. The lowest BCUT2D eigenvalue weighted by Gasteiger charge is -2.38. The van der Waals surface area contributed by atoms with Crippen molar-refractivity contribution < 1.29 is 34.1 Å². The normalized spacial score (nSPS) is 16.0. The number of rotatable bonds is 24. The summed E-state index contributed by atoms with van der Waals surface area (Å²) in [6, 6.07) is 32.7. The van der Waals surface area contributed by atoms with Crippen LogP contribution in [0.1, 0.15) is 120 Å². The Hall–Kier alpha value is -6.31. The second-order valence-electron chi connectivity index (χ2n) is 19.9. The highest BCUT2D eigenvalue weighted by Crippen LogP contribution is 2.39. The van der Waals surface area contributed by atoms with Crippen molar-refractivity contribution in [1.82, 2.24) is 20.1 Å². The number of unbranched alkanes of at least 4 members (excludes halogenated alkanes) is 5. The predicted octanol–water partition coefficient (Wildman–Crippen LogP) is 10.2. The number of nitrogens with zero attached hydrogens (tertiary/aromatic N) is 3. The number of ether oxygens (including phenoxy) is 1. The molecule has 13 heteroatoms. The van der Waals surface area contributed by atoms with Crippen LogP contribution in [0.15, 0.2) is 109 Å². The Morgan fingerprint density at radius 3 is 2.11 bits per heavy atom. The molecule has 1 unspecified atom stereocenters. The number of benzene rings is 4. The molecule has 0 aliphatic carbocycles. The number of primary amides is 1. The molecule has 2 heterocycles. The van der Waals surface area contributed by atoms with Crippen LogP contribution in [0.3, 0.4) is 0 Å². The van der Waals surface area contributed by atoms with E-state index in [-0.39, 0.29) is 43.0 Å². The van der Waals surface area contributed by atoms with E-state index < -0.39 is 35.3 Å². The van der Waals surface area contributed by atoms with Gasteiger partial charge in [0.25, 0.3) is 0 Å². The van der Waals surface area contributed by atoms with Gasteiger partial charge in [-0.1, -0.05) is 139 Å². The summed E-state index contributed by atoms with van der Waals surface area (Å²) in [6.45, 7) is 11.0. The Balaban J connectivity index is 0.913. The number of aromatic hydroxyl groups is 1. The summed E-state index contributed by atoms with van der Waals surface area (Å²) in [5, 5.41) is 23.7. The van der Waals surface area contributed by atoms with Gasteiger partial charge in [0, 0.05) is 38.9 Å². The summed E-state index contributed by atoms with van der Waals surface area (Å²) in [6.07, 6.45) is 6.04. The van der Waals surface area contributed by atoms with Gasteiger partial charge in [-0.2, -0.15) is 0 Å². The number of β-amino-alcohol motifs (C(OH)–C–C–N with tert-alkyl or cyclic N) is 1. The van der Waals surface area contributed by atoms with Crippen LogP contribution < -0.4 is 15.8 Å². The molecule has 378 valence electrons. The van der Waals surface area contributed by atoms with Gasteiger partial charge in [-0.3, -0.25) is 19.2 Å². The lowest BCUT2D eigenvalue weighted by Crippen LogP contribution is -2.52. The number of phenolic OH excluding ortho intramolecular Hbond substituents is 1. The van der Waals surface area contributed by atoms with Gasteiger partial charge in [-0.15, -0.1) is 11.3 Å². The summed E-state index contributed by atoms with van der Waals surface area (Å²) in [7, 11) is 1.80. The molecule has 5 N–H and O–H groups in total. The first kappa shape index (κ1) is 54.0. The lowest BCUT2D eigenvalue weighted by atomic mass is 9.70. The van der Waals surface area contributed by atoms with Crippen LogP contribution in [-0.4, -0.2) is 87.5 Å². The molecule has 1 aliphatic heterocycles. The second-order valence-corrected chi connectivity index (χ2v) is 20.8. The van der Waals surface area contributed by atoms with E-state index in [9.17, 15) is 29.4 Å². The van der Waals surface area contributed by atoms with Crippen LogP contribution in [0.2, 0.25) is 0 Å². The van der Waals surface area contributed by atoms with Gasteiger partial charge < -0.3 is 35.8 Å². The van der Waals surface area contributed by atoms with Gasteiger partial charge in [0.1, 0.15) is 24.1 Å². The molecule has 1 saturated heterocycles. The number of nitrogens with one attached hydrogen (secondary N) is 1. The van der Waals surface area contributed by atoms with Gasteiger partial charge in [0.05, 0.1) is 34.6 Å². The summed E-state index contributed by atoms with van der Waals surface area (Å²) in [5.41, 5.74) is 15.6. The third-order valence-electron chi connectivity index (χ3n) is 13.6. The summed E-state index contributed by atoms with van der Waals surface area (Å²) < 4.78 is 6.07. The van der Waals surface area contributed by atoms with Crippen molar-refractivity contribution in [3.8, 4) is 21.9 Å². The quantitative estimate of drug-likeness (QED) is 0.0349. The Kier molecular flexibility index (Phi) is 19.6. The number of carbonyl (C=O) groups excluding carboxylic acids is 4. The van der Waals surface area contributed by atoms with Gasteiger partial charge >= 0.3 is 0 Å². The maximum absolute atomic E-state index is 14.4. The molecule has 1 fully saturated rings. The fraction of sp³-hybridized carbons (Fsp3) is 0.431. The Labute approximate surface area is 424 Å². The number of amides is 4. The van der Waals surface area contributed by atoms with Gasteiger partial charge in [-0.05, 0) is 94.8 Å². The smallest absolute Gasteiger partial charge is 0.243 e. The molecule has 5 aromatic rings. The van der Waals surface area contributed by atoms with Crippen LogP contribution in [0.4, 0.5) is 0 Å². The molecule has 4 atom stereocenters. The van der Waals surface area contributed by atoms with Crippen molar-refractivity contribution in [2.75, 3.05) is 26.7 Å². The number of aryl methyl sites for hydroxylation is 1. The molecule has 0 radical (unpaired) electrons. The molecule has 12 nitrogen and oxygen atoms in total. The number of aliphatic hydroxyl groups excluding tert-OH is 1. The summed E-state index contributed by atoms with van der Waals surface area (Å²) in [4.78, 5) is 62.7. The first-order chi connectivity index (χ1) is 34.0. The number of nitrogens with two attached hydrogens (primary N) is 1. The maximum atomic E-state index is 14.4. The molecule has 0 saturated carbocycles. The number of hydrogen-bond donors (Lipinski definition) is 4. The van der Waals surface area contributed by atoms with Crippen LogP contribution in [0.25, 0.3) is 21.6 Å². The number of hydrogen-bond acceptors (Lipinski definition) is 9. The number of phenols is 1. The van der Waals surface area contributed by atoms with E-state index in [2.05, 4.69) is 41.5 Å². The van der Waals surface area contributed by atoms with Crippen molar-refractivity contribution >= 4 is 46.1 Å². The first-order valence-electron chi connectivity index (χ1n) is 25.2. The van der Waals surface area contributed by atoms with Crippen LogP contribution in [-0.2, 0) is 25.7 Å². The second kappa shape index (κ2) is 25.7. The largest absolute Gasteiger partial charge is 0.508 e. The van der Waals surface area contributed by atoms with E-state index in [4.69, 9.17) is 10.5 Å². The standard InChI is InChI=1S/C58H73N5O7S/c1-7-48(41-17-13-12-14-18-41)52(42-25-29-45(64)30-26-42)43-27-31-47(32-28-43)70-34-33-62(6)51(66)20-16-11-9-8-10-15-19-49(55(59)67)53(58(3,4)5)57(69)63-37-46(65)35-50(63)56(68)60-36-40-21-23-44(24-22-40)54-39(2)61-38-71-54/h12-14,17-18,21-32,38,46,49-50,53,64-65H,7-11,15-16,19-20,33-37H2,1-6H3,(H2,59,67)(H,60,68)/t46-,49?,50+,53-/m1/s1. The Morgan fingerprint density at radius 2 is 1.51 bits per heavy atom. The minimum atomic E-state index is -0.866. The minimum Gasteiger partial charge on any atom is -0.508 e. The highest BCUT2D eigenvalue weighted by molar-refractivity contribution is 7.13. The van der Waals surface area contributed by atoms with Crippen LogP contribution >= 0.6 is 11.3 Å². The number of likely N-dealkylation sites (N-methyl/N-ethyl adjacent to an activating group) is 1. The summed E-state index contributed by atoms with van der Waals surface area (Å²) in [5.74, 6) is -1.72. The van der Waals surface area contributed by atoms with Crippen molar-refractivity contribution in [1.29, 1.82) is 0 Å². The summed E-state index contributed by atoms with van der Waals surface area (Å²) >= 11 is 1.58. The number of aliphatic hydroxyl groups is 1. The molecule has 0 bridgehead atoms. The van der Waals surface area contributed by atoms with Crippen molar-refractivity contribution in [2.24, 2.45) is 23.0 Å². The Bertz CT molecular complexity index is 2550. The molecule has 1 aliphatic rings. The molecule has 4 aromatic carbocycles. The molecule has 6 rings (SSSR count). The number of thiazole rings is 1. The number of allylic oxidation sites excluding steroid dienone is 1. The molecule has 4 amide bonds. The fourth-order valence-corrected chi connectivity index (χ4v) is 10.6. The highest BCUT2D eigenvalue weighted by Gasteiger charge is 2.47. The fourth-order valence-electron chi connectivity index (χ4n) is 9.75. The minimum absolute atomic E-state index is 0.0117. The average Bonchev–Trinajstić information content (AvgIpc) is 3.98. The van der Waals surface area contributed by atoms with Gasteiger partial charge in [-0.25, -0.2) is 4.98 Å².